The Balaban J connectivity index is 2.30. The molecule has 1 unspecified atom stereocenters. The Kier molecular flexibility index (Phi) is 4.48. The van der Waals surface area contributed by atoms with Crippen molar-refractivity contribution in [1.82, 2.24) is 5.32 Å². The molecule has 1 N–H and O–H groups in total. The lowest BCUT2D eigenvalue weighted by Gasteiger charge is -2.01. The summed E-state index contributed by atoms with van der Waals surface area (Å²) in [6.45, 7) is 5.67. The van der Waals surface area contributed by atoms with Gasteiger partial charge in [0.15, 0.2) is 0 Å². The standard InChI is InChI=1S/C8H12N2O3S/c1-3-4-9-8(11)13-10-7-6(2)12-5-14-7/h3,6H,1,4-5H2,2H3,(H,9,11)/b10-7+. The summed E-state index contributed by atoms with van der Waals surface area (Å²) >= 11 is 1.42. The normalized spacial score (nSPS) is 23.5. The number of amides is 1. The lowest BCUT2D eigenvalue weighted by Crippen LogP contribution is -2.23. The summed E-state index contributed by atoms with van der Waals surface area (Å²) in [5, 5.41) is 6.78. The molecule has 1 aliphatic heterocycles. The molecule has 0 radical (unpaired) electrons. The minimum Gasteiger partial charge on any atom is -0.361 e. The Bertz CT molecular complexity index is 255. The first kappa shape index (κ1) is 11.1. The van der Waals surface area contributed by atoms with Crippen molar-refractivity contribution in [1.29, 1.82) is 0 Å². The van der Waals surface area contributed by atoms with Crippen molar-refractivity contribution in [3.63, 3.8) is 0 Å². The predicted octanol–water partition coefficient (Wildman–Crippen LogP) is 1.32. The van der Waals surface area contributed by atoms with Crippen molar-refractivity contribution in [2.75, 3.05) is 12.5 Å². The fraction of sp³-hybridized carbons (Fsp3) is 0.500. The van der Waals surface area contributed by atoms with Gasteiger partial charge in [0.1, 0.15) is 11.1 Å². The predicted molar refractivity (Wildman–Crippen MR) is 55.1 cm³/mol. The Morgan fingerprint density at radius 3 is 3.36 bits per heavy atom. The number of nitrogens with one attached hydrogen (secondary N) is 1. The Morgan fingerprint density at radius 1 is 2.00 bits per heavy atom. The summed E-state index contributed by atoms with van der Waals surface area (Å²) < 4.78 is 5.18. The van der Waals surface area contributed by atoms with Crippen molar-refractivity contribution < 1.29 is 14.4 Å². The maximum absolute atomic E-state index is 10.9. The molecule has 0 bridgehead atoms. The second-order valence-electron chi connectivity index (χ2n) is 2.55. The topological polar surface area (TPSA) is 59.9 Å². The minimum absolute atomic E-state index is 0.0906. The maximum Gasteiger partial charge on any atom is 0.433 e. The van der Waals surface area contributed by atoms with Crippen molar-refractivity contribution in [3.8, 4) is 0 Å². The molecule has 1 atom stereocenters. The van der Waals surface area contributed by atoms with Gasteiger partial charge in [-0.05, 0) is 6.92 Å². The monoisotopic (exact) mass is 216 g/mol. The van der Waals surface area contributed by atoms with Gasteiger partial charge >= 0.3 is 6.09 Å². The van der Waals surface area contributed by atoms with Gasteiger partial charge in [-0.3, -0.25) is 4.84 Å². The summed E-state index contributed by atoms with van der Waals surface area (Å²) in [7, 11) is 0. The highest BCUT2D eigenvalue weighted by molar-refractivity contribution is 8.14. The molecule has 1 heterocycles. The van der Waals surface area contributed by atoms with E-state index >= 15 is 0 Å². The molecule has 1 fully saturated rings. The van der Waals surface area contributed by atoms with Crippen LogP contribution in [0.3, 0.4) is 0 Å². The fourth-order valence-electron chi connectivity index (χ4n) is 0.760. The largest absolute Gasteiger partial charge is 0.433 e. The van der Waals surface area contributed by atoms with Crippen LogP contribution in [0.25, 0.3) is 0 Å². The van der Waals surface area contributed by atoms with Crippen molar-refractivity contribution in [3.05, 3.63) is 12.7 Å². The molecule has 0 aromatic heterocycles. The number of nitrogens with zero attached hydrogens (tertiary/aromatic N) is 1. The van der Waals surface area contributed by atoms with Crippen molar-refractivity contribution >= 4 is 22.9 Å². The van der Waals surface area contributed by atoms with E-state index in [1.165, 1.54) is 11.8 Å². The van der Waals surface area contributed by atoms with Crippen LogP contribution in [0.15, 0.2) is 17.8 Å². The quantitative estimate of drug-likeness (QED) is 0.439. The minimum atomic E-state index is -0.586. The third kappa shape index (κ3) is 3.39. The van der Waals surface area contributed by atoms with E-state index in [1.54, 1.807) is 6.08 Å². The van der Waals surface area contributed by atoms with Crippen LogP contribution in [0, 0.1) is 0 Å². The average Bonchev–Trinajstić information content (AvgIpc) is 2.58. The summed E-state index contributed by atoms with van der Waals surface area (Å²) in [5.41, 5.74) is 0. The van der Waals surface area contributed by atoms with Crippen LogP contribution in [0.1, 0.15) is 6.92 Å². The zero-order chi connectivity index (χ0) is 10.4. The van der Waals surface area contributed by atoms with E-state index in [0.29, 0.717) is 17.5 Å². The van der Waals surface area contributed by atoms with Gasteiger partial charge in [0.05, 0.1) is 5.94 Å². The molecule has 5 nitrogen and oxygen atoms in total. The lowest BCUT2D eigenvalue weighted by molar-refractivity contribution is 0.144. The number of rotatable bonds is 3. The number of hydrogen-bond donors (Lipinski definition) is 1. The number of ether oxygens (including phenoxy) is 1. The van der Waals surface area contributed by atoms with Gasteiger partial charge < -0.3 is 10.1 Å². The molecule has 1 amide bonds. The van der Waals surface area contributed by atoms with Gasteiger partial charge in [-0.1, -0.05) is 23.0 Å². The first-order valence-electron chi connectivity index (χ1n) is 4.12. The van der Waals surface area contributed by atoms with Crippen molar-refractivity contribution in [2.24, 2.45) is 5.16 Å². The molecule has 1 aliphatic rings. The van der Waals surface area contributed by atoms with Gasteiger partial charge in [-0.15, -0.1) is 6.58 Å². The molecule has 0 aromatic rings. The van der Waals surface area contributed by atoms with Gasteiger partial charge in [0.2, 0.25) is 0 Å². The third-order valence-corrected chi connectivity index (χ3v) is 2.44. The maximum atomic E-state index is 10.9. The van der Waals surface area contributed by atoms with Crippen molar-refractivity contribution in [2.45, 2.75) is 13.0 Å². The SMILES string of the molecule is C=CCNC(=O)O/N=C1/SCOC1C. The molecule has 0 saturated carbocycles. The summed E-state index contributed by atoms with van der Waals surface area (Å²) in [4.78, 5) is 15.5. The van der Waals surface area contributed by atoms with Gasteiger partial charge in [-0.2, -0.15) is 0 Å². The van der Waals surface area contributed by atoms with E-state index in [-0.39, 0.29) is 6.10 Å². The van der Waals surface area contributed by atoms with Crippen LogP contribution in [0.4, 0.5) is 4.79 Å². The van der Waals surface area contributed by atoms with Crippen LogP contribution < -0.4 is 5.32 Å². The molecule has 78 valence electrons. The molecule has 14 heavy (non-hydrogen) atoms. The van der Waals surface area contributed by atoms with Crippen LogP contribution in [-0.4, -0.2) is 29.7 Å². The highest BCUT2D eigenvalue weighted by Crippen LogP contribution is 2.19. The highest BCUT2D eigenvalue weighted by atomic mass is 32.2. The number of carbonyl (C=O) groups excluding carboxylic acids is 1. The third-order valence-electron chi connectivity index (χ3n) is 1.48. The first-order chi connectivity index (χ1) is 6.74. The van der Waals surface area contributed by atoms with E-state index < -0.39 is 6.09 Å². The molecule has 1 saturated heterocycles. The zero-order valence-corrected chi connectivity index (χ0v) is 8.67. The first-order valence-corrected chi connectivity index (χ1v) is 5.10. The number of thioether (sulfide) groups is 1. The summed E-state index contributed by atoms with van der Waals surface area (Å²) in [6, 6.07) is 0. The molecule has 0 spiro atoms. The lowest BCUT2D eigenvalue weighted by atomic mass is 10.4. The highest BCUT2D eigenvalue weighted by Gasteiger charge is 2.20. The zero-order valence-electron chi connectivity index (χ0n) is 7.86. The molecular weight excluding hydrogens is 204 g/mol. The summed E-state index contributed by atoms with van der Waals surface area (Å²) in [5.74, 6) is 0.553. The summed E-state index contributed by atoms with van der Waals surface area (Å²) in [6.07, 6.45) is 0.883. The average molecular weight is 216 g/mol. The van der Waals surface area contributed by atoms with E-state index in [0.717, 1.165) is 0 Å². The van der Waals surface area contributed by atoms with Gasteiger partial charge in [0, 0.05) is 6.54 Å². The molecule has 0 aromatic carbocycles. The fourth-order valence-corrected chi connectivity index (χ4v) is 1.55. The van der Waals surface area contributed by atoms with E-state index in [4.69, 9.17) is 4.74 Å². The smallest absolute Gasteiger partial charge is 0.361 e. The van der Waals surface area contributed by atoms with E-state index in [9.17, 15) is 4.79 Å². The van der Waals surface area contributed by atoms with Crippen LogP contribution >= 0.6 is 11.8 Å². The van der Waals surface area contributed by atoms with Crippen LogP contribution in [-0.2, 0) is 9.57 Å². The molecule has 6 heteroatoms. The Labute approximate surface area is 86.5 Å². The second kappa shape index (κ2) is 5.66. The number of oxime groups is 1. The molecule has 0 aliphatic carbocycles. The van der Waals surface area contributed by atoms with E-state index in [2.05, 4.69) is 21.9 Å². The number of hydrogen-bond acceptors (Lipinski definition) is 5. The van der Waals surface area contributed by atoms with Crippen LogP contribution in [0.2, 0.25) is 0 Å². The number of carbonyl (C=O) groups is 1. The molecular formula is C8H12N2O3S. The Hall–Kier alpha value is -1.01. The van der Waals surface area contributed by atoms with Gasteiger partial charge in [0.25, 0.3) is 0 Å². The van der Waals surface area contributed by atoms with Crippen LogP contribution in [0.5, 0.6) is 0 Å². The van der Waals surface area contributed by atoms with E-state index in [1.807, 2.05) is 6.92 Å². The Morgan fingerprint density at radius 2 is 2.79 bits per heavy atom. The molecule has 1 rings (SSSR count). The second-order valence-corrected chi connectivity index (χ2v) is 3.49. The van der Waals surface area contributed by atoms with Gasteiger partial charge in [-0.25, -0.2) is 4.79 Å².